The molecule has 2 rings (SSSR count). The van der Waals surface area contributed by atoms with Gasteiger partial charge in [0.15, 0.2) is 5.78 Å². The van der Waals surface area contributed by atoms with E-state index in [9.17, 15) is 14.7 Å². The van der Waals surface area contributed by atoms with Crippen LogP contribution in [0.2, 0.25) is 0 Å². The maximum Gasteiger partial charge on any atom is 0.337 e. The lowest BCUT2D eigenvalue weighted by molar-refractivity contribution is 0.0695. The fourth-order valence-electron chi connectivity index (χ4n) is 2.39. The third-order valence-corrected chi connectivity index (χ3v) is 3.32. The lowest BCUT2D eigenvalue weighted by Crippen LogP contribution is -2.11. The number of aromatic nitrogens is 1. The van der Waals surface area contributed by atoms with E-state index in [4.69, 9.17) is 0 Å². The fraction of sp³-hybridized carbons (Fsp3) is 0.250. The van der Waals surface area contributed by atoms with Crippen LogP contribution in [0.15, 0.2) is 36.4 Å². The molecule has 0 amide bonds. The number of aromatic carboxylic acids is 1. The lowest BCUT2D eigenvalue weighted by Gasteiger charge is -2.11. The van der Waals surface area contributed by atoms with Crippen LogP contribution >= 0.6 is 0 Å². The molecule has 20 heavy (non-hydrogen) atoms. The molecular formula is C16H17NO3. The summed E-state index contributed by atoms with van der Waals surface area (Å²) in [5, 5.41) is 9.26. The van der Waals surface area contributed by atoms with E-state index < -0.39 is 5.97 Å². The molecule has 1 N–H and O–H groups in total. The number of benzene rings is 1. The molecule has 0 spiro atoms. The van der Waals surface area contributed by atoms with E-state index >= 15 is 0 Å². The van der Waals surface area contributed by atoms with Gasteiger partial charge in [-0.2, -0.15) is 0 Å². The number of carboxylic acid groups (broad SMARTS) is 1. The van der Waals surface area contributed by atoms with E-state index in [0.717, 1.165) is 5.56 Å². The van der Waals surface area contributed by atoms with E-state index in [2.05, 4.69) is 0 Å². The van der Waals surface area contributed by atoms with Crippen LogP contribution in [-0.2, 0) is 13.0 Å². The Morgan fingerprint density at radius 2 is 1.85 bits per heavy atom. The van der Waals surface area contributed by atoms with Gasteiger partial charge in [-0.15, -0.1) is 0 Å². The van der Waals surface area contributed by atoms with Crippen LogP contribution in [0, 0.1) is 0 Å². The Kier molecular flexibility index (Phi) is 4.03. The summed E-state index contributed by atoms with van der Waals surface area (Å²) in [6.07, 6.45) is 0.571. The second kappa shape index (κ2) is 5.74. The summed E-state index contributed by atoms with van der Waals surface area (Å²) < 4.78 is 1.81. The normalized spacial score (nSPS) is 10.5. The molecule has 0 unspecified atom stereocenters. The molecule has 4 heteroatoms. The summed E-state index contributed by atoms with van der Waals surface area (Å²) in [7, 11) is 0. The average Bonchev–Trinajstić information content (AvgIpc) is 2.78. The third kappa shape index (κ3) is 2.64. The molecular weight excluding hydrogens is 254 g/mol. The van der Waals surface area contributed by atoms with Crippen molar-refractivity contribution in [3.05, 3.63) is 58.9 Å². The van der Waals surface area contributed by atoms with Crippen molar-refractivity contribution in [2.75, 3.05) is 0 Å². The largest absolute Gasteiger partial charge is 0.478 e. The molecule has 0 aliphatic heterocycles. The van der Waals surface area contributed by atoms with Crippen LogP contribution < -0.4 is 0 Å². The molecule has 0 fully saturated rings. The summed E-state index contributed by atoms with van der Waals surface area (Å²) in [4.78, 5) is 23.0. The quantitative estimate of drug-likeness (QED) is 0.850. The number of carboxylic acids is 1. The van der Waals surface area contributed by atoms with Crippen molar-refractivity contribution in [2.24, 2.45) is 0 Å². The number of carbonyl (C=O) groups excluding carboxylic acids is 1. The number of hydrogen-bond donors (Lipinski definition) is 1. The zero-order valence-electron chi connectivity index (χ0n) is 11.6. The molecule has 104 valence electrons. The second-order valence-electron chi connectivity index (χ2n) is 4.68. The van der Waals surface area contributed by atoms with Gasteiger partial charge in [-0.05, 0) is 18.1 Å². The van der Waals surface area contributed by atoms with E-state index in [0.29, 0.717) is 24.4 Å². The highest BCUT2D eigenvalue weighted by atomic mass is 16.4. The van der Waals surface area contributed by atoms with Gasteiger partial charge in [-0.3, -0.25) is 4.79 Å². The van der Waals surface area contributed by atoms with E-state index in [1.54, 1.807) is 4.57 Å². The van der Waals surface area contributed by atoms with Gasteiger partial charge in [-0.25, -0.2) is 4.79 Å². The van der Waals surface area contributed by atoms with Gasteiger partial charge in [-0.1, -0.05) is 37.3 Å². The zero-order valence-corrected chi connectivity index (χ0v) is 11.6. The standard InChI is InChI=1S/C16H17NO3/c1-3-14-13(16(19)20)9-15(11(2)18)17(14)10-12-7-5-4-6-8-12/h4-9H,3,10H2,1-2H3,(H,19,20). The summed E-state index contributed by atoms with van der Waals surface area (Å²) in [5.74, 6) is -1.11. The monoisotopic (exact) mass is 271 g/mol. The molecule has 1 aromatic heterocycles. The Hall–Kier alpha value is -2.36. The Morgan fingerprint density at radius 3 is 2.35 bits per heavy atom. The van der Waals surface area contributed by atoms with Crippen LogP contribution in [0.5, 0.6) is 0 Å². The summed E-state index contributed by atoms with van der Waals surface area (Å²) in [5.41, 5.74) is 2.39. The van der Waals surface area contributed by atoms with Crippen molar-refractivity contribution >= 4 is 11.8 Å². The van der Waals surface area contributed by atoms with Gasteiger partial charge < -0.3 is 9.67 Å². The highest BCUT2D eigenvalue weighted by molar-refractivity contribution is 5.97. The molecule has 0 bridgehead atoms. The first-order chi connectivity index (χ1) is 9.54. The first-order valence-electron chi connectivity index (χ1n) is 6.55. The molecule has 0 atom stereocenters. The van der Waals surface area contributed by atoms with Gasteiger partial charge in [0.2, 0.25) is 0 Å². The SMILES string of the molecule is CCc1c(C(=O)O)cc(C(C)=O)n1Cc1ccccc1. The summed E-state index contributed by atoms with van der Waals surface area (Å²) in [6.45, 7) is 3.86. The second-order valence-corrected chi connectivity index (χ2v) is 4.68. The topological polar surface area (TPSA) is 59.3 Å². The average molecular weight is 271 g/mol. The number of nitrogens with zero attached hydrogens (tertiary/aromatic N) is 1. The van der Waals surface area contributed by atoms with Crippen molar-refractivity contribution in [3.8, 4) is 0 Å². The first-order valence-corrected chi connectivity index (χ1v) is 6.55. The van der Waals surface area contributed by atoms with Gasteiger partial charge in [0, 0.05) is 19.2 Å². The smallest absolute Gasteiger partial charge is 0.337 e. The molecule has 0 aliphatic carbocycles. The molecule has 1 heterocycles. The highest BCUT2D eigenvalue weighted by Crippen LogP contribution is 2.20. The van der Waals surface area contributed by atoms with Crippen LogP contribution in [0.4, 0.5) is 0 Å². The Bertz CT molecular complexity index is 641. The minimum Gasteiger partial charge on any atom is -0.478 e. The minimum absolute atomic E-state index is 0.122. The van der Waals surface area contributed by atoms with Crippen LogP contribution in [0.1, 0.15) is 46.0 Å². The van der Waals surface area contributed by atoms with Crippen LogP contribution in [0.25, 0.3) is 0 Å². The highest BCUT2D eigenvalue weighted by Gasteiger charge is 2.20. The Morgan fingerprint density at radius 1 is 1.20 bits per heavy atom. The number of ketones is 1. The maximum atomic E-state index is 11.7. The predicted molar refractivity (Wildman–Crippen MR) is 76.3 cm³/mol. The van der Waals surface area contributed by atoms with E-state index in [-0.39, 0.29) is 11.3 Å². The van der Waals surface area contributed by atoms with Crippen molar-refractivity contribution < 1.29 is 14.7 Å². The number of rotatable bonds is 5. The Balaban J connectivity index is 2.54. The van der Waals surface area contributed by atoms with Gasteiger partial charge in [0.1, 0.15) is 0 Å². The first kappa shape index (κ1) is 14.1. The number of hydrogen-bond acceptors (Lipinski definition) is 2. The molecule has 4 nitrogen and oxygen atoms in total. The zero-order chi connectivity index (χ0) is 14.7. The Labute approximate surface area is 117 Å². The molecule has 0 radical (unpaired) electrons. The van der Waals surface area contributed by atoms with Crippen LogP contribution in [0.3, 0.4) is 0 Å². The predicted octanol–water partition coefficient (Wildman–Crippen LogP) is 3.00. The number of Topliss-reactive ketones (excluding diaryl/α,β-unsaturated/α-hetero) is 1. The van der Waals surface area contributed by atoms with Gasteiger partial charge in [0.25, 0.3) is 0 Å². The molecule has 1 aromatic carbocycles. The lowest BCUT2D eigenvalue weighted by atomic mass is 10.2. The van der Waals surface area contributed by atoms with Crippen LogP contribution in [-0.4, -0.2) is 21.4 Å². The van der Waals surface area contributed by atoms with Crippen molar-refractivity contribution in [3.63, 3.8) is 0 Å². The van der Waals surface area contributed by atoms with Crippen molar-refractivity contribution in [2.45, 2.75) is 26.8 Å². The fourth-order valence-corrected chi connectivity index (χ4v) is 2.39. The molecule has 0 aliphatic rings. The summed E-state index contributed by atoms with van der Waals surface area (Å²) >= 11 is 0. The van der Waals surface area contributed by atoms with Gasteiger partial charge >= 0.3 is 5.97 Å². The van der Waals surface area contributed by atoms with Crippen molar-refractivity contribution in [1.29, 1.82) is 0 Å². The summed E-state index contributed by atoms with van der Waals surface area (Å²) in [6, 6.07) is 11.2. The van der Waals surface area contributed by atoms with E-state index in [1.165, 1.54) is 13.0 Å². The third-order valence-electron chi connectivity index (χ3n) is 3.32. The van der Waals surface area contributed by atoms with Gasteiger partial charge in [0.05, 0.1) is 11.3 Å². The number of carbonyl (C=O) groups is 2. The molecule has 0 saturated heterocycles. The maximum absolute atomic E-state index is 11.7. The van der Waals surface area contributed by atoms with E-state index in [1.807, 2.05) is 37.3 Å². The molecule has 2 aromatic rings. The molecule has 0 saturated carbocycles. The van der Waals surface area contributed by atoms with Crippen molar-refractivity contribution in [1.82, 2.24) is 4.57 Å². The minimum atomic E-state index is -0.990.